The van der Waals surface area contributed by atoms with Crippen LogP contribution in [0.15, 0.2) is 18.2 Å². The summed E-state index contributed by atoms with van der Waals surface area (Å²) < 4.78 is 30.9. The van der Waals surface area contributed by atoms with E-state index in [0.29, 0.717) is 32.5 Å². The Morgan fingerprint density at radius 3 is 2.55 bits per heavy atom. The molecule has 0 aliphatic carbocycles. The molecule has 2 amide bonds. The first kappa shape index (κ1) is 16.2. The molecule has 1 aliphatic heterocycles. The van der Waals surface area contributed by atoms with E-state index < -0.39 is 17.5 Å². The van der Waals surface area contributed by atoms with E-state index in [1.807, 2.05) is 0 Å². The average molecular weight is 312 g/mol. The van der Waals surface area contributed by atoms with E-state index in [1.54, 1.807) is 11.8 Å². The minimum atomic E-state index is -1.05. The molecule has 0 radical (unpaired) electrons. The summed E-state index contributed by atoms with van der Waals surface area (Å²) >= 11 is 0. The van der Waals surface area contributed by atoms with Crippen molar-refractivity contribution < 1.29 is 23.1 Å². The van der Waals surface area contributed by atoms with Gasteiger partial charge in [0.25, 0.3) is 5.91 Å². The number of halogens is 2. The van der Waals surface area contributed by atoms with E-state index >= 15 is 0 Å². The number of nitrogens with one attached hydrogen (secondary N) is 1. The third kappa shape index (κ3) is 3.93. The molecule has 1 N–H and O–H groups in total. The first-order chi connectivity index (χ1) is 10.5. The maximum absolute atomic E-state index is 13.1. The molecule has 0 atom stereocenters. The van der Waals surface area contributed by atoms with Gasteiger partial charge in [0.2, 0.25) is 0 Å². The minimum Gasteiger partial charge on any atom is -0.450 e. The number of benzene rings is 1. The molecule has 5 nitrogen and oxygen atoms in total. The van der Waals surface area contributed by atoms with Gasteiger partial charge in [-0.2, -0.15) is 0 Å². The molecular weight excluding hydrogens is 294 g/mol. The molecule has 1 aromatic rings. The lowest BCUT2D eigenvalue weighted by atomic mass is 10.0. The number of amides is 2. The summed E-state index contributed by atoms with van der Waals surface area (Å²) in [6.45, 7) is 3.04. The van der Waals surface area contributed by atoms with Crippen LogP contribution in [0, 0.1) is 11.6 Å². The number of nitrogens with zero attached hydrogens (tertiary/aromatic N) is 1. The maximum atomic E-state index is 13.1. The van der Waals surface area contributed by atoms with Crippen molar-refractivity contribution in [2.24, 2.45) is 0 Å². The third-order valence-electron chi connectivity index (χ3n) is 3.54. The fourth-order valence-electron chi connectivity index (χ4n) is 2.33. The van der Waals surface area contributed by atoms with E-state index in [-0.39, 0.29) is 17.7 Å². The van der Waals surface area contributed by atoms with Gasteiger partial charge in [0.15, 0.2) is 11.6 Å². The summed E-state index contributed by atoms with van der Waals surface area (Å²) in [6, 6.07) is 2.93. The number of carbonyl (C=O) groups is 2. The first-order valence-electron chi connectivity index (χ1n) is 7.19. The quantitative estimate of drug-likeness (QED) is 0.932. The predicted molar refractivity (Wildman–Crippen MR) is 75.4 cm³/mol. The molecule has 2 rings (SSSR count). The summed E-state index contributed by atoms with van der Waals surface area (Å²) in [5, 5.41) is 2.77. The zero-order valence-electron chi connectivity index (χ0n) is 12.3. The first-order valence-corrected chi connectivity index (χ1v) is 7.19. The fraction of sp³-hybridized carbons (Fsp3) is 0.467. The predicted octanol–water partition coefficient (Wildman–Crippen LogP) is 2.32. The smallest absolute Gasteiger partial charge is 0.409 e. The van der Waals surface area contributed by atoms with Gasteiger partial charge in [-0.15, -0.1) is 0 Å². The fourth-order valence-corrected chi connectivity index (χ4v) is 2.33. The Balaban J connectivity index is 1.86. The van der Waals surface area contributed by atoms with Crippen molar-refractivity contribution >= 4 is 12.0 Å². The second kappa shape index (κ2) is 7.20. The van der Waals surface area contributed by atoms with Crippen LogP contribution in [0.3, 0.4) is 0 Å². The van der Waals surface area contributed by atoms with Crippen LogP contribution in [-0.4, -0.2) is 42.6 Å². The molecule has 1 heterocycles. The van der Waals surface area contributed by atoms with Crippen LogP contribution in [0.2, 0.25) is 0 Å². The second-order valence-corrected chi connectivity index (χ2v) is 5.06. The van der Waals surface area contributed by atoms with Gasteiger partial charge < -0.3 is 15.0 Å². The van der Waals surface area contributed by atoms with Crippen molar-refractivity contribution in [3.05, 3.63) is 35.4 Å². The van der Waals surface area contributed by atoms with Gasteiger partial charge in [-0.3, -0.25) is 4.79 Å². The molecule has 1 saturated heterocycles. The van der Waals surface area contributed by atoms with Crippen LogP contribution < -0.4 is 5.32 Å². The van der Waals surface area contributed by atoms with E-state index in [9.17, 15) is 18.4 Å². The van der Waals surface area contributed by atoms with Crippen LogP contribution in [0.4, 0.5) is 13.6 Å². The van der Waals surface area contributed by atoms with E-state index in [2.05, 4.69) is 5.32 Å². The zero-order valence-corrected chi connectivity index (χ0v) is 12.3. The lowest BCUT2D eigenvalue weighted by Crippen LogP contribution is -2.46. The van der Waals surface area contributed by atoms with Crippen LogP contribution >= 0.6 is 0 Å². The molecule has 22 heavy (non-hydrogen) atoms. The highest BCUT2D eigenvalue weighted by atomic mass is 19.2. The van der Waals surface area contributed by atoms with Crippen molar-refractivity contribution in [1.29, 1.82) is 0 Å². The van der Waals surface area contributed by atoms with Gasteiger partial charge in [0, 0.05) is 24.7 Å². The van der Waals surface area contributed by atoms with E-state index in [0.717, 1.165) is 12.1 Å². The van der Waals surface area contributed by atoms with Gasteiger partial charge in [-0.25, -0.2) is 13.6 Å². The molecular formula is C15H18F2N2O3. The monoisotopic (exact) mass is 312 g/mol. The van der Waals surface area contributed by atoms with Crippen molar-refractivity contribution in [2.45, 2.75) is 25.8 Å². The van der Waals surface area contributed by atoms with Crippen molar-refractivity contribution in [3.63, 3.8) is 0 Å². The molecule has 0 saturated carbocycles. The lowest BCUT2D eigenvalue weighted by molar-refractivity contribution is 0.0859. The van der Waals surface area contributed by atoms with Crippen molar-refractivity contribution in [1.82, 2.24) is 10.2 Å². The third-order valence-corrected chi connectivity index (χ3v) is 3.54. The minimum absolute atomic E-state index is 0.0757. The van der Waals surface area contributed by atoms with E-state index in [1.165, 1.54) is 6.07 Å². The Kier molecular flexibility index (Phi) is 5.30. The topological polar surface area (TPSA) is 58.6 Å². The molecule has 1 aromatic carbocycles. The van der Waals surface area contributed by atoms with Crippen molar-refractivity contribution in [3.8, 4) is 0 Å². The van der Waals surface area contributed by atoms with Gasteiger partial charge in [-0.05, 0) is 38.0 Å². The normalized spacial score (nSPS) is 15.5. The summed E-state index contributed by atoms with van der Waals surface area (Å²) in [4.78, 5) is 25.1. The standard InChI is InChI=1S/C15H18F2N2O3/c1-2-22-15(21)19-7-5-11(6-8-19)18-14(20)10-3-4-12(16)13(17)9-10/h3-4,9,11H,2,5-8H2,1H3,(H,18,20). The lowest BCUT2D eigenvalue weighted by Gasteiger charge is -2.31. The summed E-state index contributed by atoms with van der Waals surface area (Å²) in [5.74, 6) is -2.49. The van der Waals surface area contributed by atoms with Crippen LogP contribution in [0.1, 0.15) is 30.1 Å². The number of hydrogen-bond donors (Lipinski definition) is 1. The highest BCUT2D eigenvalue weighted by Crippen LogP contribution is 2.13. The Bertz CT molecular complexity index is 558. The van der Waals surface area contributed by atoms with Crippen molar-refractivity contribution in [2.75, 3.05) is 19.7 Å². The summed E-state index contributed by atoms with van der Waals surface area (Å²) in [5.41, 5.74) is 0.0757. The Morgan fingerprint density at radius 2 is 1.95 bits per heavy atom. The van der Waals surface area contributed by atoms with Crippen LogP contribution in [-0.2, 0) is 4.74 Å². The average Bonchev–Trinajstić information content (AvgIpc) is 2.51. The Morgan fingerprint density at radius 1 is 1.27 bits per heavy atom. The molecule has 1 aliphatic rings. The molecule has 0 bridgehead atoms. The molecule has 0 unspecified atom stereocenters. The van der Waals surface area contributed by atoms with Gasteiger partial charge in [0.1, 0.15) is 0 Å². The number of carbonyl (C=O) groups excluding carboxylic acids is 2. The molecule has 0 aromatic heterocycles. The highest BCUT2D eigenvalue weighted by Gasteiger charge is 2.25. The Hall–Kier alpha value is -2.18. The molecule has 0 spiro atoms. The number of ether oxygens (including phenoxy) is 1. The molecule has 7 heteroatoms. The van der Waals surface area contributed by atoms with Gasteiger partial charge in [-0.1, -0.05) is 0 Å². The number of rotatable bonds is 3. The number of piperidine rings is 1. The molecule has 1 fully saturated rings. The van der Waals surface area contributed by atoms with E-state index in [4.69, 9.17) is 4.74 Å². The summed E-state index contributed by atoms with van der Waals surface area (Å²) in [7, 11) is 0. The largest absolute Gasteiger partial charge is 0.450 e. The number of likely N-dealkylation sites (tertiary alicyclic amines) is 1. The second-order valence-electron chi connectivity index (χ2n) is 5.06. The maximum Gasteiger partial charge on any atom is 0.409 e. The van der Waals surface area contributed by atoms with Crippen LogP contribution in [0.5, 0.6) is 0 Å². The highest BCUT2D eigenvalue weighted by molar-refractivity contribution is 5.94. The number of hydrogen-bond acceptors (Lipinski definition) is 3. The van der Waals surface area contributed by atoms with Crippen LogP contribution in [0.25, 0.3) is 0 Å². The zero-order chi connectivity index (χ0) is 16.1. The SMILES string of the molecule is CCOC(=O)N1CCC(NC(=O)c2ccc(F)c(F)c2)CC1. The van der Waals surface area contributed by atoms with Gasteiger partial charge in [0.05, 0.1) is 6.61 Å². The summed E-state index contributed by atoms with van der Waals surface area (Å²) in [6.07, 6.45) is 0.829. The Labute approximate surface area is 127 Å². The molecule has 120 valence electrons. The van der Waals surface area contributed by atoms with Gasteiger partial charge >= 0.3 is 6.09 Å².